The summed E-state index contributed by atoms with van der Waals surface area (Å²) < 4.78 is 5.61. The Morgan fingerprint density at radius 1 is 1.36 bits per heavy atom. The molecule has 0 saturated heterocycles. The van der Waals surface area contributed by atoms with Gasteiger partial charge < -0.3 is 14.9 Å². The van der Waals surface area contributed by atoms with Gasteiger partial charge in [-0.2, -0.15) is 0 Å². The number of fused-ring (bicyclic) bond motifs is 1. The number of aliphatic hydroxyl groups is 2. The first-order chi connectivity index (χ1) is 11.9. The lowest BCUT2D eigenvalue weighted by atomic mass is 9.63. The van der Waals surface area contributed by atoms with Crippen molar-refractivity contribution in [3.8, 4) is 0 Å². The van der Waals surface area contributed by atoms with Crippen LogP contribution in [0.1, 0.15) is 52.4 Å². The van der Waals surface area contributed by atoms with Crippen LogP contribution in [0.4, 0.5) is 0 Å². The highest BCUT2D eigenvalue weighted by molar-refractivity contribution is 5.40. The standard InChI is InChI=1S/C22H32O3/c1-14-17(12-18(23)13-21(14)24)8-7-16-6-5-11-22(3)19(15(2)25-4)9-10-20(16)22/h7-9,15,18,20-21,23-24H,1,5-6,10-13H2,2-4H3/b16-7+,17-8-/t15?,18-,20?,21+,22-/m1/s1. The lowest BCUT2D eigenvalue weighted by Gasteiger charge is -2.42. The number of hydrogen-bond acceptors (Lipinski definition) is 3. The molecule has 2 N–H and O–H groups in total. The number of methoxy groups -OCH3 is 1. The predicted molar refractivity (Wildman–Crippen MR) is 101 cm³/mol. The van der Waals surface area contributed by atoms with Gasteiger partial charge in [-0.1, -0.05) is 37.3 Å². The summed E-state index contributed by atoms with van der Waals surface area (Å²) in [5.41, 5.74) is 4.88. The Morgan fingerprint density at radius 2 is 2.12 bits per heavy atom. The van der Waals surface area contributed by atoms with Crippen LogP contribution in [0.25, 0.3) is 0 Å². The van der Waals surface area contributed by atoms with E-state index in [2.05, 4.69) is 38.7 Å². The van der Waals surface area contributed by atoms with Crippen molar-refractivity contribution in [2.45, 2.75) is 70.7 Å². The summed E-state index contributed by atoms with van der Waals surface area (Å²) in [6, 6.07) is 0. The van der Waals surface area contributed by atoms with Crippen molar-refractivity contribution in [3.05, 3.63) is 47.1 Å². The van der Waals surface area contributed by atoms with Crippen molar-refractivity contribution in [1.29, 1.82) is 0 Å². The summed E-state index contributed by atoms with van der Waals surface area (Å²) in [5.74, 6) is 0.539. The van der Waals surface area contributed by atoms with E-state index in [0.717, 1.165) is 24.0 Å². The van der Waals surface area contributed by atoms with Crippen molar-refractivity contribution in [2.24, 2.45) is 11.3 Å². The maximum atomic E-state index is 10.0. The van der Waals surface area contributed by atoms with Gasteiger partial charge in [0.05, 0.1) is 18.3 Å². The summed E-state index contributed by atoms with van der Waals surface area (Å²) >= 11 is 0. The minimum atomic E-state index is -0.618. The zero-order valence-corrected chi connectivity index (χ0v) is 15.8. The molecule has 0 aromatic carbocycles. The molecule has 0 spiro atoms. The lowest BCUT2D eigenvalue weighted by molar-refractivity contribution is 0.0862. The van der Waals surface area contributed by atoms with Crippen molar-refractivity contribution >= 4 is 0 Å². The van der Waals surface area contributed by atoms with Gasteiger partial charge in [0.2, 0.25) is 0 Å². The zero-order valence-electron chi connectivity index (χ0n) is 15.8. The monoisotopic (exact) mass is 344 g/mol. The van der Waals surface area contributed by atoms with E-state index in [1.807, 2.05) is 0 Å². The summed E-state index contributed by atoms with van der Waals surface area (Å²) in [6.45, 7) is 8.55. The fraction of sp³-hybridized carbons (Fsp3) is 0.636. The molecule has 2 fully saturated rings. The normalized spacial score (nSPS) is 40.3. The molecule has 3 rings (SSSR count). The predicted octanol–water partition coefficient (Wildman–Crippen LogP) is 4.08. The third kappa shape index (κ3) is 3.42. The van der Waals surface area contributed by atoms with Crippen LogP contribution in [0.2, 0.25) is 0 Å². The summed E-state index contributed by atoms with van der Waals surface area (Å²) in [6.07, 6.45) is 11.4. The summed E-state index contributed by atoms with van der Waals surface area (Å²) in [7, 11) is 1.79. The Hall–Kier alpha value is -1.16. The van der Waals surface area contributed by atoms with Crippen molar-refractivity contribution in [1.82, 2.24) is 0 Å². The minimum Gasteiger partial charge on any atom is -0.393 e. The van der Waals surface area contributed by atoms with Gasteiger partial charge in [0.25, 0.3) is 0 Å². The van der Waals surface area contributed by atoms with Crippen LogP contribution in [-0.4, -0.2) is 35.6 Å². The molecule has 0 bridgehead atoms. The number of ether oxygens (including phenoxy) is 1. The third-order valence-corrected chi connectivity index (χ3v) is 6.67. The Morgan fingerprint density at radius 3 is 2.84 bits per heavy atom. The van der Waals surface area contributed by atoms with Crippen LogP contribution >= 0.6 is 0 Å². The average Bonchev–Trinajstić information content (AvgIpc) is 2.93. The molecule has 25 heavy (non-hydrogen) atoms. The fourth-order valence-corrected chi connectivity index (χ4v) is 5.07. The number of rotatable bonds is 3. The summed E-state index contributed by atoms with van der Waals surface area (Å²) in [4.78, 5) is 0. The van der Waals surface area contributed by atoms with E-state index in [1.54, 1.807) is 7.11 Å². The van der Waals surface area contributed by atoms with E-state index in [0.29, 0.717) is 18.8 Å². The topological polar surface area (TPSA) is 49.7 Å². The van der Waals surface area contributed by atoms with Crippen LogP contribution in [0.15, 0.2) is 47.1 Å². The van der Waals surface area contributed by atoms with Crippen molar-refractivity contribution in [2.75, 3.05) is 7.11 Å². The Kier molecular flexibility index (Phi) is 5.38. The molecule has 0 heterocycles. The van der Waals surface area contributed by atoms with Gasteiger partial charge in [0.1, 0.15) is 0 Å². The molecular formula is C22H32O3. The number of allylic oxidation sites excluding steroid dienone is 4. The fourth-order valence-electron chi connectivity index (χ4n) is 5.07. The molecule has 0 aliphatic heterocycles. The van der Waals surface area contributed by atoms with Crippen LogP contribution in [-0.2, 0) is 4.74 Å². The van der Waals surface area contributed by atoms with Gasteiger partial charge in [0, 0.05) is 13.5 Å². The first kappa shape index (κ1) is 18.6. The molecule has 3 heteroatoms. The highest BCUT2D eigenvalue weighted by Crippen LogP contribution is 2.55. The van der Waals surface area contributed by atoms with E-state index >= 15 is 0 Å². The Labute approximate surface area is 151 Å². The van der Waals surface area contributed by atoms with Gasteiger partial charge in [-0.05, 0) is 67.1 Å². The molecule has 0 radical (unpaired) electrons. The van der Waals surface area contributed by atoms with Crippen LogP contribution < -0.4 is 0 Å². The second-order valence-corrected chi connectivity index (χ2v) is 8.16. The van der Waals surface area contributed by atoms with Crippen LogP contribution in [0.3, 0.4) is 0 Å². The molecule has 0 aromatic rings. The zero-order chi connectivity index (χ0) is 18.2. The molecule has 2 saturated carbocycles. The van der Waals surface area contributed by atoms with Crippen molar-refractivity contribution in [3.63, 3.8) is 0 Å². The van der Waals surface area contributed by atoms with E-state index in [1.165, 1.54) is 24.0 Å². The van der Waals surface area contributed by atoms with Gasteiger partial charge in [-0.15, -0.1) is 0 Å². The van der Waals surface area contributed by atoms with Gasteiger partial charge in [-0.3, -0.25) is 0 Å². The molecule has 2 unspecified atom stereocenters. The Balaban J connectivity index is 1.83. The lowest BCUT2D eigenvalue weighted by Crippen LogP contribution is -2.34. The molecule has 5 atom stereocenters. The SMILES string of the molecule is C=C1/C(=C\C=C2/CCC[C@]3(C)C(C(C)OC)=CCC23)C[C@@H](O)C[C@@H]1O. The van der Waals surface area contributed by atoms with E-state index in [9.17, 15) is 10.2 Å². The minimum absolute atomic E-state index is 0.177. The number of aliphatic hydroxyl groups excluding tert-OH is 2. The molecule has 3 aliphatic rings. The summed E-state index contributed by atoms with van der Waals surface area (Å²) in [5, 5.41) is 20.0. The van der Waals surface area contributed by atoms with Crippen LogP contribution in [0.5, 0.6) is 0 Å². The number of hydrogen-bond donors (Lipinski definition) is 2. The van der Waals surface area contributed by atoms with Crippen molar-refractivity contribution < 1.29 is 14.9 Å². The maximum absolute atomic E-state index is 10.0. The first-order valence-corrected chi connectivity index (χ1v) is 9.55. The van der Waals surface area contributed by atoms with Gasteiger partial charge in [0.15, 0.2) is 0 Å². The molecule has 3 nitrogen and oxygen atoms in total. The van der Waals surface area contributed by atoms with Gasteiger partial charge >= 0.3 is 0 Å². The molecule has 0 amide bonds. The van der Waals surface area contributed by atoms with Gasteiger partial charge in [-0.25, -0.2) is 0 Å². The highest BCUT2D eigenvalue weighted by Gasteiger charge is 2.46. The largest absolute Gasteiger partial charge is 0.393 e. The van der Waals surface area contributed by atoms with E-state index < -0.39 is 12.2 Å². The quantitative estimate of drug-likeness (QED) is 0.759. The highest BCUT2D eigenvalue weighted by atomic mass is 16.5. The molecular weight excluding hydrogens is 312 g/mol. The second-order valence-electron chi connectivity index (χ2n) is 8.16. The van der Waals surface area contributed by atoms with Crippen LogP contribution in [0, 0.1) is 11.3 Å². The first-order valence-electron chi connectivity index (χ1n) is 9.55. The molecule has 138 valence electrons. The van der Waals surface area contributed by atoms with E-state index in [4.69, 9.17) is 4.74 Å². The Bertz CT molecular complexity index is 627. The maximum Gasteiger partial charge on any atom is 0.0811 e. The smallest absolute Gasteiger partial charge is 0.0811 e. The average molecular weight is 344 g/mol. The second kappa shape index (κ2) is 7.22. The third-order valence-electron chi connectivity index (χ3n) is 6.67. The van der Waals surface area contributed by atoms with E-state index in [-0.39, 0.29) is 11.5 Å². The molecule has 3 aliphatic carbocycles. The molecule has 0 aromatic heterocycles.